The van der Waals surface area contributed by atoms with Gasteiger partial charge in [-0.05, 0) is 0 Å². The number of halogens is 1. The zero-order valence-electron chi connectivity index (χ0n) is 7.77. The number of ketones is 1. The van der Waals surface area contributed by atoms with Crippen LogP contribution in [-0.2, 0) is 0 Å². The molecule has 0 aliphatic carbocycles. The maximum absolute atomic E-state index is 11.9. The van der Waals surface area contributed by atoms with Gasteiger partial charge in [-0.2, -0.15) is 0 Å². The number of aliphatic imine (C=N–C) groups is 2. The van der Waals surface area contributed by atoms with Crippen molar-refractivity contribution < 1.29 is 4.79 Å². The molecule has 0 aromatic heterocycles. The van der Waals surface area contributed by atoms with Crippen molar-refractivity contribution in [3.05, 3.63) is 48.3 Å². The number of benzene rings is 1. The first-order chi connectivity index (χ1) is 7.18. The molecule has 15 heavy (non-hydrogen) atoms. The Bertz CT molecular complexity index is 489. The molecule has 0 N–H and O–H groups in total. The fourth-order valence-corrected chi connectivity index (χ4v) is 1.46. The first-order valence-electron chi connectivity index (χ1n) is 4.30. The Morgan fingerprint density at radius 1 is 1.20 bits per heavy atom. The standard InChI is InChI=1S/C11H7ClN2O/c1-7-13-9(11(12)14-7)10(15)8-5-3-2-4-6-8/h2-6H,1H2. The van der Waals surface area contributed by atoms with Gasteiger partial charge in [-0.25, -0.2) is 9.98 Å². The van der Waals surface area contributed by atoms with Crippen molar-refractivity contribution in [3.63, 3.8) is 0 Å². The van der Waals surface area contributed by atoms with Crippen molar-refractivity contribution in [2.24, 2.45) is 9.98 Å². The summed E-state index contributed by atoms with van der Waals surface area (Å²) in [6.45, 7) is 3.52. The lowest BCUT2D eigenvalue weighted by molar-refractivity contribution is 0.106. The van der Waals surface area contributed by atoms with Crippen molar-refractivity contribution in [3.8, 4) is 0 Å². The molecule has 74 valence electrons. The predicted octanol–water partition coefficient (Wildman–Crippen LogP) is 2.43. The lowest BCUT2D eigenvalue weighted by atomic mass is 10.1. The maximum Gasteiger partial charge on any atom is 0.214 e. The van der Waals surface area contributed by atoms with Crippen LogP contribution < -0.4 is 0 Å². The van der Waals surface area contributed by atoms with Crippen molar-refractivity contribution in [2.75, 3.05) is 0 Å². The zero-order valence-corrected chi connectivity index (χ0v) is 8.53. The third-order valence-electron chi connectivity index (χ3n) is 1.91. The summed E-state index contributed by atoms with van der Waals surface area (Å²) in [6, 6.07) is 8.80. The molecule has 0 atom stereocenters. The van der Waals surface area contributed by atoms with Crippen molar-refractivity contribution in [1.29, 1.82) is 0 Å². The second-order valence-corrected chi connectivity index (χ2v) is 3.33. The molecule has 0 unspecified atom stereocenters. The zero-order chi connectivity index (χ0) is 10.8. The van der Waals surface area contributed by atoms with Gasteiger partial charge < -0.3 is 0 Å². The highest BCUT2D eigenvalue weighted by Gasteiger charge is 2.22. The summed E-state index contributed by atoms with van der Waals surface area (Å²) >= 11 is 5.76. The van der Waals surface area contributed by atoms with Crippen LogP contribution in [0.1, 0.15) is 10.4 Å². The van der Waals surface area contributed by atoms with Gasteiger partial charge in [0, 0.05) is 5.56 Å². The van der Waals surface area contributed by atoms with Crippen LogP contribution >= 0.6 is 11.6 Å². The maximum atomic E-state index is 11.9. The van der Waals surface area contributed by atoms with Gasteiger partial charge in [0.05, 0.1) is 0 Å². The van der Waals surface area contributed by atoms with Gasteiger partial charge in [-0.1, -0.05) is 48.5 Å². The number of hydrogen-bond donors (Lipinski definition) is 0. The average Bonchev–Trinajstić information content (AvgIpc) is 2.58. The highest BCUT2D eigenvalue weighted by Crippen LogP contribution is 2.13. The lowest BCUT2D eigenvalue weighted by Crippen LogP contribution is -2.18. The molecule has 2 rings (SSSR count). The topological polar surface area (TPSA) is 41.8 Å². The smallest absolute Gasteiger partial charge is 0.214 e. The molecule has 0 amide bonds. The van der Waals surface area contributed by atoms with Gasteiger partial charge in [0.25, 0.3) is 0 Å². The van der Waals surface area contributed by atoms with E-state index in [-0.39, 0.29) is 22.5 Å². The van der Waals surface area contributed by atoms with Gasteiger partial charge in [-0.3, -0.25) is 4.79 Å². The Kier molecular flexibility index (Phi) is 2.47. The van der Waals surface area contributed by atoms with Crippen LogP contribution in [0.4, 0.5) is 0 Å². The third kappa shape index (κ3) is 1.87. The van der Waals surface area contributed by atoms with E-state index in [2.05, 4.69) is 16.6 Å². The molecule has 0 saturated heterocycles. The molecule has 0 saturated carbocycles. The number of nitrogens with zero attached hydrogens (tertiary/aromatic N) is 2. The summed E-state index contributed by atoms with van der Waals surface area (Å²) in [4.78, 5) is 19.5. The quantitative estimate of drug-likeness (QED) is 0.703. The fourth-order valence-electron chi connectivity index (χ4n) is 1.24. The minimum Gasteiger partial charge on any atom is -0.287 e. The van der Waals surface area contributed by atoms with Crippen LogP contribution in [-0.4, -0.2) is 16.7 Å². The van der Waals surface area contributed by atoms with E-state index in [0.717, 1.165) is 0 Å². The average molecular weight is 219 g/mol. The molecule has 1 heterocycles. The van der Waals surface area contributed by atoms with E-state index in [1.54, 1.807) is 24.3 Å². The van der Waals surface area contributed by atoms with Crippen LogP contribution in [0.25, 0.3) is 0 Å². The molecule has 1 aliphatic heterocycles. The number of carbonyl (C=O) groups is 1. The van der Waals surface area contributed by atoms with Crippen molar-refractivity contribution in [1.82, 2.24) is 0 Å². The third-order valence-corrected chi connectivity index (χ3v) is 2.18. The highest BCUT2D eigenvalue weighted by atomic mass is 35.5. The van der Waals surface area contributed by atoms with Gasteiger partial charge in [0.2, 0.25) is 5.78 Å². The minimum absolute atomic E-state index is 0.105. The SMILES string of the molecule is C=C1N=C(Cl)C(C(=O)c2ccccc2)=N1. The van der Waals surface area contributed by atoms with Crippen molar-refractivity contribution >= 4 is 28.3 Å². The Labute approximate surface area is 91.8 Å². The fraction of sp³-hybridized carbons (Fsp3) is 0. The van der Waals surface area contributed by atoms with E-state index in [9.17, 15) is 4.79 Å². The molecule has 1 aromatic carbocycles. The summed E-state index contributed by atoms with van der Waals surface area (Å²) in [7, 11) is 0. The monoisotopic (exact) mass is 218 g/mol. The first-order valence-corrected chi connectivity index (χ1v) is 4.68. The van der Waals surface area contributed by atoms with E-state index in [1.165, 1.54) is 0 Å². The molecule has 3 nitrogen and oxygen atoms in total. The lowest BCUT2D eigenvalue weighted by Gasteiger charge is -1.98. The summed E-state index contributed by atoms with van der Waals surface area (Å²) < 4.78 is 0. The van der Waals surface area contributed by atoms with Crippen molar-refractivity contribution in [2.45, 2.75) is 0 Å². The minimum atomic E-state index is -0.233. The molecule has 0 fully saturated rings. The molecule has 1 aliphatic rings. The number of hydrogen-bond acceptors (Lipinski definition) is 3. The Hall–Kier alpha value is -1.74. The molecule has 0 radical (unpaired) electrons. The van der Waals surface area contributed by atoms with Gasteiger partial charge in [-0.15, -0.1) is 0 Å². The second-order valence-electron chi connectivity index (χ2n) is 2.97. The molecule has 4 heteroatoms. The number of rotatable bonds is 2. The van der Waals surface area contributed by atoms with Gasteiger partial charge in [0.15, 0.2) is 10.9 Å². The summed E-state index contributed by atoms with van der Waals surface area (Å²) in [5.74, 6) is 0.0299. The molecular weight excluding hydrogens is 212 g/mol. The summed E-state index contributed by atoms with van der Waals surface area (Å²) in [5.41, 5.74) is 0.701. The Morgan fingerprint density at radius 2 is 1.87 bits per heavy atom. The van der Waals surface area contributed by atoms with Crippen LogP contribution in [0.15, 0.2) is 52.7 Å². The first kappa shape index (κ1) is 9.80. The predicted molar refractivity (Wildman–Crippen MR) is 60.6 cm³/mol. The number of Topliss-reactive ketones (excluding diaryl/α,β-unsaturated/α-hetero) is 1. The summed E-state index contributed by atoms with van der Waals surface area (Å²) in [6.07, 6.45) is 0. The molecule has 0 bridgehead atoms. The highest BCUT2D eigenvalue weighted by molar-refractivity contribution is 6.94. The van der Waals surface area contributed by atoms with E-state index in [0.29, 0.717) is 5.56 Å². The molecule has 0 spiro atoms. The van der Waals surface area contributed by atoms with Crippen LogP contribution in [0.3, 0.4) is 0 Å². The van der Waals surface area contributed by atoms with Gasteiger partial charge >= 0.3 is 0 Å². The van der Waals surface area contributed by atoms with Crippen LogP contribution in [0.5, 0.6) is 0 Å². The van der Waals surface area contributed by atoms with Crippen LogP contribution in [0, 0.1) is 0 Å². The second kappa shape index (κ2) is 3.79. The Balaban J connectivity index is 2.36. The summed E-state index contributed by atoms with van der Waals surface area (Å²) in [5, 5.41) is 0.105. The molecule has 1 aromatic rings. The van der Waals surface area contributed by atoms with Crippen LogP contribution in [0.2, 0.25) is 0 Å². The Morgan fingerprint density at radius 3 is 2.40 bits per heavy atom. The van der Waals surface area contributed by atoms with E-state index >= 15 is 0 Å². The van der Waals surface area contributed by atoms with E-state index in [4.69, 9.17) is 11.6 Å². The molecular formula is C11H7ClN2O. The largest absolute Gasteiger partial charge is 0.287 e. The normalized spacial score (nSPS) is 14.9. The van der Waals surface area contributed by atoms with E-state index in [1.807, 2.05) is 6.07 Å². The van der Waals surface area contributed by atoms with E-state index < -0.39 is 0 Å². The number of carbonyl (C=O) groups excluding carboxylic acids is 1. The van der Waals surface area contributed by atoms with Gasteiger partial charge in [0.1, 0.15) is 5.82 Å².